The molecule has 0 aromatic carbocycles. The normalized spacial score (nSPS) is 26.3. The summed E-state index contributed by atoms with van der Waals surface area (Å²) in [4.78, 5) is 25.4. The lowest BCUT2D eigenvalue weighted by atomic mass is 10.1. The molecular weight excluding hydrogens is 482 g/mol. The van der Waals surface area contributed by atoms with E-state index >= 15 is 0 Å². The molecule has 2 aromatic heterocycles. The van der Waals surface area contributed by atoms with Gasteiger partial charge >= 0.3 is 6.09 Å². The second-order valence-electron chi connectivity index (χ2n) is 12.4. The van der Waals surface area contributed by atoms with Crippen molar-refractivity contribution in [1.29, 1.82) is 0 Å². The first kappa shape index (κ1) is 26.9. The molecule has 2 unspecified atom stereocenters. The van der Waals surface area contributed by atoms with Crippen LogP contribution in [-0.2, 0) is 23.4 Å². The molecule has 11 nitrogen and oxygen atoms in total. The van der Waals surface area contributed by atoms with Gasteiger partial charge in [0.1, 0.15) is 30.2 Å². The van der Waals surface area contributed by atoms with Crippen molar-refractivity contribution in [1.82, 2.24) is 19.5 Å². The fourth-order valence-corrected chi connectivity index (χ4v) is 5.07. The van der Waals surface area contributed by atoms with Gasteiger partial charge in [-0.05, 0) is 52.8 Å². The first-order chi connectivity index (χ1) is 16.5. The zero-order chi connectivity index (χ0) is 26.7. The molecular formula is C24H39N5O6Si. The summed E-state index contributed by atoms with van der Waals surface area (Å²) in [5.41, 5.74) is 0.276. The van der Waals surface area contributed by atoms with Crippen molar-refractivity contribution in [2.75, 3.05) is 11.9 Å². The number of ether oxygens (including phenoxy) is 4. The summed E-state index contributed by atoms with van der Waals surface area (Å²) in [6, 6.07) is 0. The summed E-state index contributed by atoms with van der Waals surface area (Å²) in [7, 11) is -1.99. The number of imidazole rings is 1. The van der Waals surface area contributed by atoms with Crippen molar-refractivity contribution in [2.45, 2.75) is 109 Å². The highest BCUT2D eigenvalue weighted by Gasteiger charge is 2.56. The highest BCUT2D eigenvalue weighted by molar-refractivity contribution is 6.74. The van der Waals surface area contributed by atoms with Crippen LogP contribution in [0.1, 0.15) is 61.6 Å². The van der Waals surface area contributed by atoms with Crippen LogP contribution in [-0.4, -0.2) is 70.2 Å². The van der Waals surface area contributed by atoms with E-state index in [1.165, 1.54) is 6.33 Å². The Morgan fingerprint density at radius 2 is 1.78 bits per heavy atom. The zero-order valence-electron chi connectivity index (χ0n) is 22.9. The number of anilines is 1. The van der Waals surface area contributed by atoms with Gasteiger partial charge in [0.15, 0.2) is 37.3 Å². The summed E-state index contributed by atoms with van der Waals surface area (Å²) in [5.74, 6) is -0.509. The SMILES string of the molecule is CC(C)(C)OC(=O)Nc1ncnc2c1ncn2[C@@H]1O[C@H](CO[Si](C)(C)C(C)(C)C)C2OC(C)(C)OC21. The van der Waals surface area contributed by atoms with Gasteiger partial charge in [-0.2, -0.15) is 0 Å². The average molecular weight is 522 g/mol. The van der Waals surface area contributed by atoms with Crippen LogP contribution in [0, 0.1) is 0 Å². The van der Waals surface area contributed by atoms with Crippen LogP contribution in [0.5, 0.6) is 0 Å². The van der Waals surface area contributed by atoms with E-state index in [4.69, 9.17) is 23.4 Å². The molecule has 0 bridgehead atoms. The number of amides is 1. The molecule has 4 rings (SSSR count). The van der Waals surface area contributed by atoms with Crippen molar-refractivity contribution >= 4 is 31.4 Å². The Kier molecular flexibility index (Phi) is 6.74. The number of carbonyl (C=O) groups excluding carboxylic acids is 1. The van der Waals surface area contributed by atoms with E-state index in [9.17, 15) is 4.79 Å². The molecule has 2 aliphatic heterocycles. The van der Waals surface area contributed by atoms with Crippen molar-refractivity contribution in [3.8, 4) is 0 Å². The molecule has 0 saturated carbocycles. The molecule has 1 N–H and O–H groups in total. The summed E-state index contributed by atoms with van der Waals surface area (Å²) < 4.78 is 32.6. The standard InChI is InChI=1S/C24H39N5O6Si/c1-22(2,3)35-21(30)28-18-15-19(26-12-25-18)29(13-27-15)20-17-16(33-24(7,8)34-17)14(32-20)11-31-36(9,10)23(4,5)6/h12-14,16-17,20H,11H2,1-10H3,(H,25,26,28,30)/t14-,16?,17?,20-/m1/s1. The molecule has 0 spiro atoms. The van der Waals surface area contributed by atoms with Crippen molar-refractivity contribution in [3.63, 3.8) is 0 Å². The van der Waals surface area contributed by atoms with Gasteiger partial charge < -0.3 is 23.4 Å². The fourth-order valence-electron chi connectivity index (χ4n) is 4.05. The average Bonchev–Trinajstić information content (AvgIpc) is 3.35. The first-order valence-corrected chi connectivity index (χ1v) is 15.2. The molecule has 2 saturated heterocycles. The molecule has 2 aliphatic rings. The Morgan fingerprint density at radius 1 is 1.11 bits per heavy atom. The minimum Gasteiger partial charge on any atom is -0.444 e. The molecule has 12 heteroatoms. The van der Waals surface area contributed by atoms with E-state index in [2.05, 4.69) is 54.1 Å². The number of nitrogens with zero attached hydrogens (tertiary/aromatic N) is 4. The van der Waals surface area contributed by atoms with E-state index in [1.54, 1.807) is 31.7 Å². The van der Waals surface area contributed by atoms with Gasteiger partial charge in [0.2, 0.25) is 0 Å². The number of nitrogens with one attached hydrogen (secondary N) is 1. The highest BCUT2D eigenvalue weighted by Crippen LogP contribution is 2.45. The van der Waals surface area contributed by atoms with Gasteiger partial charge in [0.05, 0.1) is 12.9 Å². The van der Waals surface area contributed by atoms with Crippen molar-refractivity contribution < 1.29 is 28.2 Å². The van der Waals surface area contributed by atoms with Crippen LogP contribution >= 0.6 is 0 Å². The lowest BCUT2D eigenvalue weighted by molar-refractivity contribution is -0.199. The highest BCUT2D eigenvalue weighted by atomic mass is 28.4. The predicted molar refractivity (Wildman–Crippen MR) is 136 cm³/mol. The summed E-state index contributed by atoms with van der Waals surface area (Å²) >= 11 is 0. The number of hydrogen-bond acceptors (Lipinski definition) is 9. The second-order valence-corrected chi connectivity index (χ2v) is 17.2. The van der Waals surface area contributed by atoms with Gasteiger partial charge in [-0.25, -0.2) is 19.7 Å². The third kappa shape index (κ3) is 5.42. The molecule has 4 heterocycles. The van der Waals surface area contributed by atoms with Crippen LogP contribution < -0.4 is 5.32 Å². The number of hydrogen-bond donors (Lipinski definition) is 1. The monoisotopic (exact) mass is 521 g/mol. The molecule has 2 fully saturated rings. The van der Waals surface area contributed by atoms with Gasteiger partial charge in [0, 0.05) is 0 Å². The number of carbonyl (C=O) groups is 1. The van der Waals surface area contributed by atoms with E-state index in [-0.39, 0.29) is 29.2 Å². The maximum atomic E-state index is 12.3. The Bertz CT molecular complexity index is 1120. The second kappa shape index (κ2) is 9.01. The Balaban J connectivity index is 1.59. The van der Waals surface area contributed by atoms with E-state index in [0.717, 1.165) is 0 Å². The molecule has 1 amide bonds. The number of fused-ring (bicyclic) bond motifs is 2. The lowest BCUT2D eigenvalue weighted by Gasteiger charge is -2.37. The summed E-state index contributed by atoms with van der Waals surface area (Å²) in [5, 5.41) is 2.74. The minimum atomic E-state index is -1.99. The molecule has 2 aromatic rings. The van der Waals surface area contributed by atoms with Crippen LogP contribution in [0.15, 0.2) is 12.7 Å². The van der Waals surface area contributed by atoms with Crippen LogP contribution in [0.2, 0.25) is 18.1 Å². The van der Waals surface area contributed by atoms with Crippen LogP contribution in [0.25, 0.3) is 11.2 Å². The Labute approximate surface area is 213 Å². The molecule has 0 radical (unpaired) electrons. The third-order valence-electron chi connectivity index (χ3n) is 6.79. The molecule has 36 heavy (non-hydrogen) atoms. The van der Waals surface area contributed by atoms with E-state index < -0.39 is 32.0 Å². The lowest BCUT2D eigenvalue weighted by Crippen LogP contribution is -2.44. The van der Waals surface area contributed by atoms with Gasteiger partial charge in [-0.15, -0.1) is 0 Å². The quantitative estimate of drug-likeness (QED) is 0.562. The van der Waals surface area contributed by atoms with Crippen LogP contribution in [0.3, 0.4) is 0 Å². The van der Waals surface area contributed by atoms with Crippen molar-refractivity contribution in [3.05, 3.63) is 12.7 Å². The zero-order valence-corrected chi connectivity index (χ0v) is 23.9. The van der Waals surface area contributed by atoms with Crippen LogP contribution in [0.4, 0.5) is 10.6 Å². The largest absolute Gasteiger partial charge is 0.444 e. The molecule has 4 atom stereocenters. The van der Waals surface area contributed by atoms with Gasteiger partial charge in [-0.1, -0.05) is 20.8 Å². The smallest absolute Gasteiger partial charge is 0.413 e. The minimum absolute atomic E-state index is 0.0751. The maximum absolute atomic E-state index is 12.3. The molecule has 0 aliphatic carbocycles. The van der Waals surface area contributed by atoms with Crippen molar-refractivity contribution in [2.24, 2.45) is 0 Å². The first-order valence-electron chi connectivity index (χ1n) is 12.3. The van der Waals surface area contributed by atoms with Gasteiger partial charge in [-0.3, -0.25) is 9.88 Å². The Morgan fingerprint density at radius 3 is 2.42 bits per heavy atom. The predicted octanol–water partition coefficient (Wildman–Crippen LogP) is 4.61. The number of aromatic nitrogens is 4. The van der Waals surface area contributed by atoms with Gasteiger partial charge in [0.25, 0.3) is 0 Å². The Hall–Kier alpha value is -2.12. The summed E-state index contributed by atoms with van der Waals surface area (Å²) in [6.45, 7) is 20.6. The fraction of sp³-hybridized carbons (Fsp3) is 0.750. The van der Waals surface area contributed by atoms with E-state index in [0.29, 0.717) is 17.8 Å². The maximum Gasteiger partial charge on any atom is 0.413 e. The number of rotatable bonds is 5. The van der Waals surface area contributed by atoms with E-state index in [1.807, 2.05) is 13.8 Å². The summed E-state index contributed by atoms with van der Waals surface area (Å²) in [6.07, 6.45) is 0.803. The molecule has 200 valence electrons. The third-order valence-corrected chi connectivity index (χ3v) is 11.3. The topological polar surface area (TPSA) is 119 Å².